The Hall–Kier alpha value is -7.33. The van der Waals surface area contributed by atoms with Gasteiger partial charge in [-0.2, -0.15) is 0 Å². The van der Waals surface area contributed by atoms with Crippen LogP contribution in [0.4, 0.5) is 0 Å². The second-order valence-electron chi connectivity index (χ2n) is 20.4. The normalized spacial score (nSPS) is 16.5. The Morgan fingerprint density at radius 1 is 0.542 bits per heavy atom. The molecular formula is C66H54N4OPt. The quantitative estimate of drug-likeness (QED) is 0.152. The number of rotatable bonds is 8. The van der Waals surface area contributed by atoms with E-state index in [0.29, 0.717) is 5.92 Å². The zero-order chi connectivity index (χ0) is 47.9. The number of pyridine rings is 1. The molecule has 5 nitrogen and oxygen atoms in total. The van der Waals surface area contributed by atoms with E-state index in [-0.39, 0.29) is 5.41 Å². The number of aryl methyl sites for hydroxylation is 3. The van der Waals surface area contributed by atoms with Gasteiger partial charge in [-0.25, -0.2) is 0 Å². The van der Waals surface area contributed by atoms with Gasteiger partial charge in [0, 0.05) is 11.8 Å². The van der Waals surface area contributed by atoms with Gasteiger partial charge in [-0.15, -0.1) is 0 Å². The number of imidazole rings is 1. The van der Waals surface area contributed by atoms with Crippen molar-refractivity contribution in [3.63, 3.8) is 0 Å². The summed E-state index contributed by atoms with van der Waals surface area (Å²) >= 11 is 2.58. The number of para-hydroxylation sites is 3. The van der Waals surface area contributed by atoms with Crippen molar-refractivity contribution in [2.24, 2.45) is 0 Å². The summed E-state index contributed by atoms with van der Waals surface area (Å²) in [5.41, 5.74) is 20.3. The number of aromatic nitrogens is 4. The van der Waals surface area contributed by atoms with E-state index in [1.54, 1.807) is 0 Å². The minimum Gasteiger partial charge on any atom is -0.0581 e. The van der Waals surface area contributed by atoms with Crippen LogP contribution in [0.2, 0.25) is 0 Å². The molecule has 1 saturated carbocycles. The van der Waals surface area contributed by atoms with Crippen LogP contribution in [0.5, 0.6) is 11.5 Å². The summed E-state index contributed by atoms with van der Waals surface area (Å²) in [6.45, 7) is 2.21. The molecule has 14 rings (SSSR count). The first-order chi connectivity index (χ1) is 35.5. The Balaban J connectivity index is 0.853. The topological polar surface area (TPSA) is 36.9 Å². The van der Waals surface area contributed by atoms with Crippen molar-refractivity contribution < 1.29 is 24.1 Å². The predicted octanol–water partition coefficient (Wildman–Crippen LogP) is 16.7. The molecule has 8 aromatic carbocycles. The molecule has 1 unspecified atom stereocenters. The Labute approximate surface area is 431 Å². The molecule has 1 spiro atoms. The molecule has 72 heavy (non-hydrogen) atoms. The molecule has 0 N–H and O–H groups in total. The van der Waals surface area contributed by atoms with E-state index in [2.05, 4.69) is 234 Å². The van der Waals surface area contributed by atoms with Crippen LogP contribution in [0.15, 0.2) is 194 Å². The molecule has 6 heteroatoms. The molecule has 1 atom stereocenters. The molecule has 0 radical (unpaired) electrons. The molecule has 3 heterocycles. The number of hydrogen-bond acceptors (Lipinski definition) is 2. The Bertz CT molecular complexity index is 3980. The first-order valence-electron chi connectivity index (χ1n) is 25.9. The molecule has 3 aliphatic rings. The van der Waals surface area contributed by atoms with Gasteiger partial charge >= 0.3 is 324 Å². The predicted molar refractivity (Wildman–Crippen MR) is 290 cm³/mol. The van der Waals surface area contributed by atoms with Crippen LogP contribution >= 0.6 is 0 Å². The van der Waals surface area contributed by atoms with Gasteiger partial charge < -0.3 is 0 Å². The fourth-order valence-corrected chi connectivity index (χ4v) is 14.2. The maximum absolute atomic E-state index is 6.91. The van der Waals surface area contributed by atoms with Crippen LogP contribution in [0.25, 0.3) is 72.3 Å². The van der Waals surface area contributed by atoms with E-state index in [1.165, 1.54) is 104 Å². The summed E-state index contributed by atoms with van der Waals surface area (Å²) in [6, 6.07) is 69.1. The second-order valence-corrected chi connectivity index (χ2v) is 21.5. The number of benzene rings is 8. The number of hydrogen-bond donors (Lipinski definition) is 0. The first-order valence-corrected chi connectivity index (χ1v) is 27.0. The molecule has 0 saturated heterocycles. The van der Waals surface area contributed by atoms with Gasteiger partial charge in [-0.05, 0) is 42.4 Å². The summed E-state index contributed by atoms with van der Waals surface area (Å²) in [5, 5.41) is 2.35. The van der Waals surface area contributed by atoms with E-state index in [0.717, 1.165) is 74.4 Å². The third-order valence-electron chi connectivity index (χ3n) is 16.5. The fraction of sp³-hybridized carbons (Fsp3) is 0.182. The summed E-state index contributed by atoms with van der Waals surface area (Å²) in [7, 11) is 0. The van der Waals surface area contributed by atoms with Crippen molar-refractivity contribution >= 4 is 32.8 Å². The fourth-order valence-electron chi connectivity index (χ4n) is 13.1. The van der Waals surface area contributed by atoms with E-state index in [1.807, 2.05) is 0 Å². The Kier molecular flexibility index (Phi) is 10.5. The number of ether oxygens (including phenoxy) is 1. The van der Waals surface area contributed by atoms with Crippen LogP contribution in [0, 0.1) is 10.7 Å². The Morgan fingerprint density at radius 3 is 2.06 bits per heavy atom. The third kappa shape index (κ3) is 6.99. The number of fused-ring (bicyclic) bond motifs is 8. The zero-order valence-corrected chi connectivity index (χ0v) is 42.7. The number of nitrogens with zero attached hydrogens (tertiary/aromatic N) is 4. The summed E-state index contributed by atoms with van der Waals surface area (Å²) in [6.07, 6.45) is 13.2. The van der Waals surface area contributed by atoms with Crippen LogP contribution in [-0.2, 0) is 37.6 Å². The minimum absolute atomic E-state index is 0.0366. The summed E-state index contributed by atoms with van der Waals surface area (Å²) in [5.74, 6) is 3.13. The van der Waals surface area contributed by atoms with Crippen LogP contribution in [-0.4, -0.2) is 18.7 Å². The van der Waals surface area contributed by atoms with Gasteiger partial charge in [-0.3, -0.25) is 0 Å². The van der Waals surface area contributed by atoms with Crippen molar-refractivity contribution in [3.05, 3.63) is 231 Å². The van der Waals surface area contributed by atoms with E-state index in [4.69, 9.17) is 9.72 Å². The first kappa shape index (κ1) is 43.5. The SMILES string of the molecule is Cc1cc(-n2c3ccccc3c3ccc(Oc4cccc(-n5[c](=[Pt])n(-c6c(-c7ccccc7)ccc7c6C6(CCc8ccccc86)CC7)c6ccccc65)c4)cc32)ncc1-c1ccc(C2CCCCC2)cc1. The van der Waals surface area contributed by atoms with Crippen molar-refractivity contribution in [1.29, 1.82) is 0 Å². The smallest absolute Gasteiger partial charge is 0.0581 e. The maximum atomic E-state index is 6.91. The molecular weight excluding hydrogens is 1060 g/mol. The monoisotopic (exact) mass is 1110 g/mol. The summed E-state index contributed by atoms with van der Waals surface area (Å²) < 4.78 is 15.3. The van der Waals surface area contributed by atoms with Crippen molar-refractivity contribution in [2.75, 3.05) is 0 Å². The van der Waals surface area contributed by atoms with Gasteiger partial charge in [0.2, 0.25) is 0 Å². The zero-order valence-electron chi connectivity index (χ0n) is 40.4. The molecule has 3 aromatic heterocycles. The third-order valence-corrected chi connectivity index (χ3v) is 17.5. The minimum atomic E-state index is -0.0366. The van der Waals surface area contributed by atoms with Crippen molar-refractivity contribution in [3.8, 4) is 50.9 Å². The van der Waals surface area contributed by atoms with Crippen LogP contribution < -0.4 is 4.74 Å². The standard InChI is InChI=1S/C66H54N4O.Pt/c1-44-39-63(67-42-57(44)48-29-27-46(28-30-48)45-15-4-2-5-16-45)70-59-24-11-9-22-55(59)56-34-32-53(41-62(56)70)71-52-21-14-20-51(40-52)68-43-69(61-26-13-12-25-60(61)68)65-54(47-17-6-3-7-18-47)33-31-50-36-38-66(64(50)65)37-35-49-19-8-10-23-58(49)66;/h3,6-14,17-34,39-42,45H,2,4-5,15-16,35-38H2,1H3;. The average molecular weight is 1110 g/mol. The molecule has 354 valence electrons. The van der Waals surface area contributed by atoms with Crippen molar-refractivity contribution in [1.82, 2.24) is 18.7 Å². The van der Waals surface area contributed by atoms with Crippen LogP contribution in [0.1, 0.15) is 84.2 Å². The summed E-state index contributed by atoms with van der Waals surface area (Å²) in [4.78, 5) is 5.18. The van der Waals surface area contributed by atoms with Gasteiger partial charge in [0.1, 0.15) is 0 Å². The molecule has 1 fully saturated rings. The van der Waals surface area contributed by atoms with Crippen molar-refractivity contribution in [2.45, 2.75) is 76.0 Å². The van der Waals surface area contributed by atoms with Gasteiger partial charge in [0.05, 0.1) is 0 Å². The molecule has 3 aliphatic carbocycles. The molecule has 11 aromatic rings. The van der Waals surface area contributed by atoms with E-state index >= 15 is 0 Å². The molecule has 0 amide bonds. The Morgan fingerprint density at radius 2 is 1.24 bits per heavy atom. The van der Waals surface area contributed by atoms with Gasteiger partial charge in [0.25, 0.3) is 0 Å². The molecule has 0 bridgehead atoms. The van der Waals surface area contributed by atoms with Gasteiger partial charge in [0.15, 0.2) is 0 Å². The molecule has 0 aliphatic heterocycles. The van der Waals surface area contributed by atoms with Gasteiger partial charge in [-0.1, -0.05) is 55.7 Å². The van der Waals surface area contributed by atoms with E-state index < -0.39 is 0 Å². The average Bonchev–Trinajstić information content (AvgIpc) is 4.18. The van der Waals surface area contributed by atoms with E-state index in [9.17, 15) is 0 Å². The second kappa shape index (κ2) is 17.5. The van der Waals surface area contributed by atoms with Crippen LogP contribution in [0.3, 0.4) is 0 Å².